The number of anilines is 1. The molecule has 2 aromatic rings. The number of benzene rings is 2. The summed E-state index contributed by atoms with van der Waals surface area (Å²) in [5.41, 5.74) is 3.73. The summed E-state index contributed by atoms with van der Waals surface area (Å²) in [6, 6.07) is 14.2. The van der Waals surface area contributed by atoms with E-state index in [4.69, 9.17) is 4.74 Å². The van der Waals surface area contributed by atoms with E-state index in [2.05, 4.69) is 5.32 Å². The van der Waals surface area contributed by atoms with Gasteiger partial charge in [-0.05, 0) is 66.8 Å². The highest BCUT2D eigenvalue weighted by atomic mass is 16.5. The first-order chi connectivity index (χ1) is 9.74. The van der Waals surface area contributed by atoms with Gasteiger partial charge in [-0.2, -0.15) is 0 Å². The van der Waals surface area contributed by atoms with Crippen LogP contribution < -0.4 is 10.1 Å². The zero-order chi connectivity index (χ0) is 13.9. The van der Waals surface area contributed by atoms with Crippen LogP contribution in [-0.4, -0.2) is 18.3 Å². The number of phenolic OH excluding ortho intramolecular Hbond substituents is 1. The van der Waals surface area contributed by atoms with Gasteiger partial charge in [-0.25, -0.2) is 0 Å². The van der Waals surface area contributed by atoms with E-state index in [1.807, 2.05) is 36.4 Å². The molecule has 0 fully saturated rings. The molecule has 1 unspecified atom stereocenters. The fourth-order valence-electron chi connectivity index (χ4n) is 2.79. The number of rotatable bonds is 3. The van der Waals surface area contributed by atoms with Crippen molar-refractivity contribution in [2.45, 2.75) is 25.3 Å². The van der Waals surface area contributed by atoms with Gasteiger partial charge in [0.2, 0.25) is 0 Å². The molecule has 2 aromatic carbocycles. The third-order valence-corrected chi connectivity index (χ3v) is 3.88. The van der Waals surface area contributed by atoms with Crippen LogP contribution in [0.5, 0.6) is 11.5 Å². The summed E-state index contributed by atoms with van der Waals surface area (Å²) in [7, 11) is 1.68. The second-order valence-corrected chi connectivity index (χ2v) is 5.27. The molecule has 0 amide bonds. The van der Waals surface area contributed by atoms with E-state index in [1.54, 1.807) is 13.2 Å². The number of phenols is 1. The van der Waals surface area contributed by atoms with Crippen molar-refractivity contribution in [1.29, 1.82) is 0 Å². The van der Waals surface area contributed by atoms with E-state index < -0.39 is 0 Å². The van der Waals surface area contributed by atoms with Gasteiger partial charge in [0, 0.05) is 11.7 Å². The second kappa shape index (κ2) is 5.45. The van der Waals surface area contributed by atoms with Crippen LogP contribution in [0.15, 0.2) is 42.5 Å². The molecule has 2 N–H and O–H groups in total. The first kappa shape index (κ1) is 12.9. The number of hydrogen-bond acceptors (Lipinski definition) is 3. The minimum Gasteiger partial charge on any atom is -0.508 e. The lowest BCUT2D eigenvalue weighted by Gasteiger charge is -2.26. The SMILES string of the molecule is COc1ccc(NC2CCc3cc(O)ccc3C2)cc1. The molecule has 0 aliphatic heterocycles. The topological polar surface area (TPSA) is 41.5 Å². The molecule has 0 saturated carbocycles. The molecule has 0 radical (unpaired) electrons. The summed E-state index contributed by atoms with van der Waals surface area (Å²) >= 11 is 0. The summed E-state index contributed by atoms with van der Waals surface area (Å²) in [6.07, 6.45) is 3.10. The third kappa shape index (κ3) is 2.72. The maximum atomic E-state index is 9.51. The number of ether oxygens (including phenoxy) is 1. The molecule has 0 aromatic heterocycles. The lowest BCUT2D eigenvalue weighted by Crippen LogP contribution is -2.27. The third-order valence-electron chi connectivity index (χ3n) is 3.88. The summed E-state index contributed by atoms with van der Waals surface area (Å²) in [6.45, 7) is 0. The summed E-state index contributed by atoms with van der Waals surface area (Å²) in [5.74, 6) is 1.24. The molecular formula is C17H19NO2. The number of methoxy groups -OCH3 is 1. The van der Waals surface area contributed by atoms with Crippen molar-refractivity contribution in [3.8, 4) is 11.5 Å². The van der Waals surface area contributed by atoms with Gasteiger partial charge >= 0.3 is 0 Å². The highest BCUT2D eigenvalue weighted by Gasteiger charge is 2.18. The average Bonchev–Trinajstić information content (AvgIpc) is 2.48. The summed E-state index contributed by atoms with van der Waals surface area (Å²) in [4.78, 5) is 0. The minimum absolute atomic E-state index is 0.366. The Labute approximate surface area is 119 Å². The molecule has 1 atom stereocenters. The quantitative estimate of drug-likeness (QED) is 0.897. The number of hydrogen-bond donors (Lipinski definition) is 2. The normalized spacial score (nSPS) is 17.4. The van der Waals surface area contributed by atoms with Crippen LogP contribution in [0.4, 0.5) is 5.69 Å². The maximum absolute atomic E-state index is 9.51. The Bertz CT molecular complexity index is 592. The van der Waals surface area contributed by atoms with E-state index in [-0.39, 0.29) is 0 Å². The monoisotopic (exact) mass is 269 g/mol. The van der Waals surface area contributed by atoms with Crippen LogP contribution in [0.25, 0.3) is 0 Å². The molecule has 0 spiro atoms. The molecule has 0 heterocycles. The van der Waals surface area contributed by atoms with Gasteiger partial charge in [-0.3, -0.25) is 0 Å². The number of nitrogens with one attached hydrogen (secondary N) is 1. The van der Waals surface area contributed by atoms with Gasteiger partial charge in [-0.15, -0.1) is 0 Å². The Hall–Kier alpha value is -2.16. The fraction of sp³-hybridized carbons (Fsp3) is 0.294. The molecule has 0 saturated heterocycles. The molecule has 104 valence electrons. The number of fused-ring (bicyclic) bond motifs is 1. The second-order valence-electron chi connectivity index (χ2n) is 5.27. The van der Waals surface area contributed by atoms with Crippen LogP contribution >= 0.6 is 0 Å². The molecule has 3 rings (SSSR count). The number of aromatic hydroxyl groups is 1. The van der Waals surface area contributed by atoms with Crippen LogP contribution in [0.3, 0.4) is 0 Å². The molecule has 0 bridgehead atoms. The van der Waals surface area contributed by atoms with Gasteiger partial charge in [0.05, 0.1) is 7.11 Å². The highest BCUT2D eigenvalue weighted by Crippen LogP contribution is 2.27. The van der Waals surface area contributed by atoms with Crippen LogP contribution in [0, 0.1) is 0 Å². The van der Waals surface area contributed by atoms with Crippen molar-refractivity contribution in [2.24, 2.45) is 0 Å². The van der Waals surface area contributed by atoms with Crippen molar-refractivity contribution in [3.05, 3.63) is 53.6 Å². The van der Waals surface area contributed by atoms with Gasteiger partial charge < -0.3 is 15.2 Å². The van der Waals surface area contributed by atoms with Gasteiger partial charge in [-0.1, -0.05) is 6.07 Å². The predicted molar refractivity (Wildman–Crippen MR) is 80.5 cm³/mol. The van der Waals surface area contributed by atoms with E-state index in [0.717, 1.165) is 30.7 Å². The van der Waals surface area contributed by atoms with Gasteiger partial charge in [0.25, 0.3) is 0 Å². The van der Waals surface area contributed by atoms with E-state index in [9.17, 15) is 5.11 Å². The Morgan fingerprint density at radius 3 is 2.65 bits per heavy atom. The lowest BCUT2D eigenvalue weighted by molar-refractivity contribution is 0.415. The molecular weight excluding hydrogens is 250 g/mol. The molecule has 3 heteroatoms. The fourth-order valence-corrected chi connectivity index (χ4v) is 2.79. The van der Waals surface area contributed by atoms with Gasteiger partial charge in [0.15, 0.2) is 0 Å². The molecule has 3 nitrogen and oxygen atoms in total. The minimum atomic E-state index is 0.366. The van der Waals surface area contributed by atoms with E-state index in [0.29, 0.717) is 11.8 Å². The summed E-state index contributed by atoms with van der Waals surface area (Å²) < 4.78 is 5.17. The van der Waals surface area contributed by atoms with Crippen molar-refractivity contribution in [3.63, 3.8) is 0 Å². The Morgan fingerprint density at radius 2 is 1.90 bits per heavy atom. The van der Waals surface area contributed by atoms with Crippen molar-refractivity contribution >= 4 is 5.69 Å². The maximum Gasteiger partial charge on any atom is 0.119 e. The zero-order valence-corrected chi connectivity index (χ0v) is 11.6. The predicted octanol–water partition coefficient (Wildman–Crippen LogP) is 3.37. The van der Waals surface area contributed by atoms with Crippen LogP contribution in [0.1, 0.15) is 17.5 Å². The largest absolute Gasteiger partial charge is 0.508 e. The highest BCUT2D eigenvalue weighted by molar-refractivity contribution is 5.48. The van der Waals surface area contributed by atoms with Crippen molar-refractivity contribution < 1.29 is 9.84 Å². The zero-order valence-electron chi connectivity index (χ0n) is 11.6. The smallest absolute Gasteiger partial charge is 0.119 e. The Kier molecular flexibility index (Phi) is 3.50. The molecule has 1 aliphatic rings. The van der Waals surface area contributed by atoms with Crippen molar-refractivity contribution in [2.75, 3.05) is 12.4 Å². The Balaban J connectivity index is 1.69. The number of aryl methyl sites for hydroxylation is 1. The van der Waals surface area contributed by atoms with Gasteiger partial charge in [0.1, 0.15) is 11.5 Å². The van der Waals surface area contributed by atoms with Crippen LogP contribution in [0.2, 0.25) is 0 Å². The van der Waals surface area contributed by atoms with Crippen LogP contribution in [-0.2, 0) is 12.8 Å². The first-order valence-electron chi connectivity index (χ1n) is 6.96. The van der Waals surface area contributed by atoms with E-state index >= 15 is 0 Å². The Morgan fingerprint density at radius 1 is 1.10 bits per heavy atom. The first-order valence-corrected chi connectivity index (χ1v) is 6.96. The van der Waals surface area contributed by atoms with E-state index in [1.165, 1.54) is 11.1 Å². The molecule has 1 aliphatic carbocycles. The standard InChI is InChI=1S/C17H19NO2/c1-20-17-8-5-14(6-9-17)18-15-4-2-13-11-16(19)7-3-12(13)10-15/h3,5-9,11,15,18-19H,2,4,10H2,1H3. The van der Waals surface area contributed by atoms with Crippen molar-refractivity contribution in [1.82, 2.24) is 0 Å². The molecule has 20 heavy (non-hydrogen) atoms. The average molecular weight is 269 g/mol. The summed E-state index contributed by atoms with van der Waals surface area (Å²) in [5, 5.41) is 13.1. The lowest BCUT2D eigenvalue weighted by atomic mass is 9.88.